The summed E-state index contributed by atoms with van der Waals surface area (Å²) >= 11 is 6.05. The highest BCUT2D eigenvalue weighted by molar-refractivity contribution is 6.32. The fraction of sp³-hybridized carbons (Fsp3) is 0.136. The van der Waals surface area contributed by atoms with Crippen LogP contribution in [0.1, 0.15) is 21.6 Å². The standard InChI is InChI=1S/C22H17ClN2O4/c1-12-9-13(2)24-21(23)20(12)22(27)28-11-19(26)25-14-7-8-18-16(10-14)15-5-3-4-6-17(15)29-18/h3-10H,11H2,1-2H3,(H,25,26). The molecule has 0 bridgehead atoms. The molecule has 0 unspecified atom stereocenters. The Labute approximate surface area is 171 Å². The molecule has 0 aliphatic rings. The molecule has 0 fully saturated rings. The molecule has 2 aromatic heterocycles. The van der Waals surface area contributed by atoms with Crippen molar-refractivity contribution < 1.29 is 18.7 Å². The molecule has 7 heteroatoms. The molecule has 0 aliphatic heterocycles. The molecule has 6 nitrogen and oxygen atoms in total. The van der Waals surface area contributed by atoms with Crippen LogP contribution in [-0.4, -0.2) is 23.5 Å². The number of nitrogens with one attached hydrogen (secondary N) is 1. The van der Waals surface area contributed by atoms with Crippen LogP contribution in [0, 0.1) is 13.8 Å². The Morgan fingerprint density at radius 1 is 1.07 bits per heavy atom. The summed E-state index contributed by atoms with van der Waals surface area (Å²) in [6.45, 7) is 3.08. The number of furan rings is 1. The third-order valence-electron chi connectivity index (χ3n) is 4.50. The van der Waals surface area contributed by atoms with E-state index >= 15 is 0 Å². The summed E-state index contributed by atoms with van der Waals surface area (Å²) in [4.78, 5) is 28.6. The number of amides is 1. The lowest BCUT2D eigenvalue weighted by Crippen LogP contribution is -2.21. The lowest BCUT2D eigenvalue weighted by molar-refractivity contribution is -0.119. The Morgan fingerprint density at radius 3 is 2.62 bits per heavy atom. The maximum atomic E-state index is 12.3. The molecule has 2 aromatic carbocycles. The van der Waals surface area contributed by atoms with E-state index in [4.69, 9.17) is 20.8 Å². The SMILES string of the molecule is Cc1cc(C)c(C(=O)OCC(=O)Nc2ccc3oc4ccccc4c3c2)c(Cl)n1. The molecular weight excluding hydrogens is 392 g/mol. The number of aryl methyl sites for hydroxylation is 2. The van der Waals surface area contributed by atoms with Crippen molar-refractivity contribution >= 4 is 51.1 Å². The summed E-state index contributed by atoms with van der Waals surface area (Å²) in [7, 11) is 0. The van der Waals surface area contributed by atoms with Gasteiger partial charge in [-0.3, -0.25) is 4.79 Å². The quantitative estimate of drug-likeness (QED) is 0.377. The van der Waals surface area contributed by atoms with E-state index < -0.39 is 18.5 Å². The second-order valence-corrected chi connectivity index (χ2v) is 7.04. The van der Waals surface area contributed by atoms with Crippen LogP contribution in [0.3, 0.4) is 0 Å². The van der Waals surface area contributed by atoms with Gasteiger partial charge < -0.3 is 14.5 Å². The first-order valence-corrected chi connectivity index (χ1v) is 9.32. The van der Waals surface area contributed by atoms with Crippen LogP contribution < -0.4 is 5.32 Å². The number of fused-ring (bicyclic) bond motifs is 3. The van der Waals surface area contributed by atoms with Gasteiger partial charge in [0, 0.05) is 22.2 Å². The highest BCUT2D eigenvalue weighted by atomic mass is 35.5. The average molecular weight is 409 g/mol. The van der Waals surface area contributed by atoms with Gasteiger partial charge in [-0.05, 0) is 49.7 Å². The number of anilines is 1. The predicted octanol–water partition coefficient (Wildman–Crippen LogP) is 5.05. The molecule has 0 aliphatic carbocycles. The van der Waals surface area contributed by atoms with E-state index in [1.165, 1.54) is 0 Å². The third kappa shape index (κ3) is 3.79. The van der Waals surface area contributed by atoms with Crippen molar-refractivity contribution in [3.63, 3.8) is 0 Å². The van der Waals surface area contributed by atoms with Gasteiger partial charge in [0.05, 0.1) is 5.56 Å². The van der Waals surface area contributed by atoms with E-state index in [1.807, 2.05) is 30.3 Å². The molecule has 2 heterocycles. The Kier molecular flexibility index (Phi) is 4.94. The number of hydrogen-bond acceptors (Lipinski definition) is 5. The van der Waals surface area contributed by atoms with E-state index in [-0.39, 0.29) is 10.7 Å². The number of halogens is 1. The molecular formula is C22H17ClN2O4. The normalized spacial score (nSPS) is 11.0. The van der Waals surface area contributed by atoms with Gasteiger partial charge in [0.25, 0.3) is 5.91 Å². The van der Waals surface area contributed by atoms with Crippen LogP contribution in [0.25, 0.3) is 21.9 Å². The topological polar surface area (TPSA) is 81.4 Å². The van der Waals surface area contributed by atoms with E-state index in [0.29, 0.717) is 16.9 Å². The number of nitrogens with zero attached hydrogens (tertiary/aromatic N) is 1. The fourth-order valence-corrected chi connectivity index (χ4v) is 3.60. The highest BCUT2D eigenvalue weighted by Crippen LogP contribution is 2.30. The minimum absolute atomic E-state index is 0.0604. The summed E-state index contributed by atoms with van der Waals surface area (Å²) in [5.74, 6) is -1.15. The smallest absolute Gasteiger partial charge is 0.342 e. The van der Waals surface area contributed by atoms with Crippen molar-refractivity contribution in [1.29, 1.82) is 0 Å². The fourth-order valence-electron chi connectivity index (χ4n) is 3.24. The van der Waals surface area contributed by atoms with Gasteiger partial charge in [0.15, 0.2) is 6.61 Å². The van der Waals surface area contributed by atoms with Gasteiger partial charge in [0.2, 0.25) is 0 Å². The number of carbonyl (C=O) groups excluding carboxylic acids is 2. The maximum absolute atomic E-state index is 12.3. The number of benzene rings is 2. The summed E-state index contributed by atoms with van der Waals surface area (Å²) in [6, 6.07) is 14.7. The van der Waals surface area contributed by atoms with Crippen LogP contribution in [0.5, 0.6) is 0 Å². The van der Waals surface area contributed by atoms with Crippen LogP contribution in [0.4, 0.5) is 5.69 Å². The van der Waals surface area contributed by atoms with Crippen molar-refractivity contribution in [3.05, 3.63) is 70.5 Å². The van der Waals surface area contributed by atoms with Crippen molar-refractivity contribution in [3.8, 4) is 0 Å². The van der Waals surface area contributed by atoms with Gasteiger partial charge in [-0.2, -0.15) is 0 Å². The summed E-state index contributed by atoms with van der Waals surface area (Å²) in [6.07, 6.45) is 0. The Hall–Kier alpha value is -3.38. The van der Waals surface area contributed by atoms with E-state index in [1.54, 1.807) is 32.0 Å². The van der Waals surface area contributed by atoms with Gasteiger partial charge in [-0.15, -0.1) is 0 Å². The van der Waals surface area contributed by atoms with Crippen molar-refractivity contribution in [2.24, 2.45) is 0 Å². The molecule has 0 saturated heterocycles. The largest absolute Gasteiger partial charge is 0.456 e. The number of ether oxygens (including phenoxy) is 1. The number of carbonyl (C=O) groups is 2. The van der Waals surface area contributed by atoms with Crippen molar-refractivity contribution in [2.45, 2.75) is 13.8 Å². The van der Waals surface area contributed by atoms with Gasteiger partial charge in [-0.1, -0.05) is 29.8 Å². The Balaban J connectivity index is 1.46. The first-order valence-electron chi connectivity index (χ1n) is 8.94. The predicted molar refractivity (Wildman–Crippen MR) is 111 cm³/mol. The molecule has 0 radical (unpaired) electrons. The molecule has 1 N–H and O–H groups in total. The van der Waals surface area contributed by atoms with Crippen molar-refractivity contribution in [2.75, 3.05) is 11.9 Å². The maximum Gasteiger partial charge on any atom is 0.342 e. The second-order valence-electron chi connectivity index (χ2n) is 6.68. The molecule has 0 spiro atoms. The summed E-state index contributed by atoms with van der Waals surface area (Å²) < 4.78 is 10.9. The number of pyridine rings is 1. The lowest BCUT2D eigenvalue weighted by atomic mass is 10.1. The van der Waals surface area contributed by atoms with E-state index in [0.717, 1.165) is 21.9 Å². The third-order valence-corrected chi connectivity index (χ3v) is 4.77. The number of hydrogen-bond donors (Lipinski definition) is 1. The zero-order valence-corrected chi connectivity index (χ0v) is 16.5. The van der Waals surface area contributed by atoms with Gasteiger partial charge in [0.1, 0.15) is 16.3 Å². The number of rotatable bonds is 4. The molecule has 4 rings (SSSR count). The molecule has 146 valence electrons. The highest BCUT2D eigenvalue weighted by Gasteiger charge is 2.18. The minimum atomic E-state index is -0.688. The average Bonchev–Trinajstić information content (AvgIpc) is 3.03. The number of aromatic nitrogens is 1. The molecule has 0 atom stereocenters. The number of esters is 1. The first-order chi connectivity index (χ1) is 13.9. The molecule has 0 saturated carbocycles. The zero-order valence-electron chi connectivity index (χ0n) is 15.8. The van der Waals surface area contributed by atoms with Gasteiger partial charge in [-0.25, -0.2) is 9.78 Å². The van der Waals surface area contributed by atoms with Gasteiger partial charge >= 0.3 is 5.97 Å². The van der Waals surface area contributed by atoms with E-state index in [9.17, 15) is 9.59 Å². The molecule has 29 heavy (non-hydrogen) atoms. The molecule has 4 aromatic rings. The summed E-state index contributed by atoms with van der Waals surface area (Å²) in [5.41, 5.74) is 3.59. The Bertz CT molecular complexity index is 1240. The monoisotopic (exact) mass is 408 g/mol. The van der Waals surface area contributed by atoms with Crippen LogP contribution in [0.15, 0.2) is 52.9 Å². The second kappa shape index (κ2) is 7.56. The zero-order chi connectivity index (χ0) is 20.5. The minimum Gasteiger partial charge on any atom is -0.456 e. The molecule has 1 amide bonds. The van der Waals surface area contributed by atoms with Crippen LogP contribution in [-0.2, 0) is 9.53 Å². The number of para-hydroxylation sites is 1. The first kappa shape index (κ1) is 19.0. The van der Waals surface area contributed by atoms with Crippen molar-refractivity contribution in [1.82, 2.24) is 4.98 Å². The van der Waals surface area contributed by atoms with E-state index in [2.05, 4.69) is 10.3 Å². The summed E-state index contributed by atoms with van der Waals surface area (Å²) in [5, 5.41) is 4.64. The van der Waals surface area contributed by atoms with Crippen LogP contribution in [0.2, 0.25) is 5.15 Å². The lowest BCUT2D eigenvalue weighted by Gasteiger charge is -2.10. The van der Waals surface area contributed by atoms with Crippen LogP contribution >= 0.6 is 11.6 Å². The Morgan fingerprint density at radius 2 is 1.83 bits per heavy atom.